The second kappa shape index (κ2) is 6.67. The van der Waals surface area contributed by atoms with E-state index in [1.54, 1.807) is 30.5 Å². The van der Waals surface area contributed by atoms with Gasteiger partial charge in [0.25, 0.3) is 0 Å². The Hall–Kier alpha value is -2.93. The third kappa shape index (κ3) is 3.69. The number of carboxylic acid groups (broad SMARTS) is 1. The van der Waals surface area contributed by atoms with E-state index >= 15 is 0 Å². The molecule has 2 heterocycles. The van der Waals surface area contributed by atoms with E-state index in [0.717, 1.165) is 16.4 Å². The fraction of sp³-hybridized carbons (Fsp3) is 0.118. The molecule has 0 fully saturated rings. The van der Waals surface area contributed by atoms with Crippen LogP contribution in [0.4, 0.5) is 10.9 Å². The quantitative estimate of drug-likeness (QED) is 0.716. The highest BCUT2D eigenvalue weighted by Crippen LogP contribution is 2.28. The summed E-state index contributed by atoms with van der Waals surface area (Å²) in [7, 11) is 0. The van der Waals surface area contributed by atoms with E-state index in [1.807, 2.05) is 19.2 Å². The largest absolute Gasteiger partial charge is 0.478 e. The third-order valence-corrected chi connectivity index (χ3v) is 4.12. The van der Waals surface area contributed by atoms with Crippen molar-refractivity contribution >= 4 is 28.3 Å². The van der Waals surface area contributed by atoms with E-state index in [0.29, 0.717) is 17.3 Å². The smallest absolute Gasteiger partial charge is 0.335 e. The highest BCUT2D eigenvalue weighted by Gasteiger charge is 2.09. The molecule has 3 rings (SSSR count). The summed E-state index contributed by atoms with van der Waals surface area (Å²) in [6.45, 7) is 3.78. The number of anilines is 2. The Labute approximate surface area is 142 Å². The van der Waals surface area contributed by atoms with Crippen molar-refractivity contribution in [2.75, 3.05) is 5.32 Å². The predicted octanol–water partition coefficient (Wildman–Crippen LogP) is 4.39. The lowest BCUT2D eigenvalue weighted by Gasteiger charge is -2.10. The van der Waals surface area contributed by atoms with Crippen LogP contribution in [0, 0.1) is 13.8 Å². The monoisotopic (exact) mass is 341 g/mol. The normalized spacial score (nSPS) is 10.4. The molecular formula is C17H15N3O3S. The molecule has 122 valence electrons. The standard InChI is InChI=1S/C17H15N3O3S/c1-10-3-4-12(16(21)22)7-14(10)23-13-5-6-18-15(8-13)20-17-19-11(2)9-24-17/h3-9H,1-2H3,(H,21,22)(H,18,19,20). The van der Waals surface area contributed by atoms with Crippen molar-refractivity contribution in [3.8, 4) is 11.5 Å². The number of carboxylic acids is 1. The maximum atomic E-state index is 11.1. The van der Waals surface area contributed by atoms with Gasteiger partial charge in [-0.25, -0.2) is 14.8 Å². The lowest BCUT2D eigenvalue weighted by molar-refractivity contribution is 0.0696. The molecule has 0 amide bonds. The van der Waals surface area contributed by atoms with Gasteiger partial charge in [0.2, 0.25) is 0 Å². The van der Waals surface area contributed by atoms with Gasteiger partial charge in [0.1, 0.15) is 17.3 Å². The van der Waals surface area contributed by atoms with Crippen LogP contribution < -0.4 is 10.1 Å². The minimum atomic E-state index is -0.990. The zero-order valence-electron chi connectivity index (χ0n) is 13.1. The number of aromatic nitrogens is 2. The van der Waals surface area contributed by atoms with Crippen LogP contribution in [-0.2, 0) is 0 Å². The minimum Gasteiger partial charge on any atom is -0.478 e. The molecule has 1 aromatic carbocycles. The maximum absolute atomic E-state index is 11.1. The zero-order valence-corrected chi connectivity index (χ0v) is 13.9. The van der Waals surface area contributed by atoms with Crippen LogP contribution in [-0.4, -0.2) is 21.0 Å². The van der Waals surface area contributed by atoms with E-state index in [-0.39, 0.29) is 5.56 Å². The summed E-state index contributed by atoms with van der Waals surface area (Å²) >= 11 is 1.49. The van der Waals surface area contributed by atoms with E-state index in [9.17, 15) is 4.79 Å². The van der Waals surface area contributed by atoms with Gasteiger partial charge in [-0.1, -0.05) is 6.07 Å². The van der Waals surface area contributed by atoms with Crippen molar-refractivity contribution in [1.29, 1.82) is 0 Å². The average Bonchev–Trinajstić information content (AvgIpc) is 2.94. The fourth-order valence-electron chi connectivity index (χ4n) is 2.03. The SMILES string of the molecule is Cc1csc(Nc2cc(Oc3cc(C(=O)O)ccc3C)ccn2)n1. The van der Waals surface area contributed by atoms with Gasteiger partial charge in [0, 0.05) is 17.6 Å². The number of benzene rings is 1. The van der Waals surface area contributed by atoms with Crippen LogP contribution in [0.25, 0.3) is 0 Å². The second-order valence-corrected chi connectivity index (χ2v) is 6.04. The van der Waals surface area contributed by atoms with Crippen molar-refractivity contribution in [3.63, 3.8) is 0 Å². The lowest BCUT2D eigenvalue weighted by atomic mass is 10.1. The number of nitrogens with zero attached hydrogens (tertiary/aromatic N) is 2. The first-order valence-corrected chi connectivity index (χ1v) is 8.06. The number of ether oxygens (including phenoxy) is 1. The van der Waals surface area contributed by atoms with Crippen LogP contribution in [0.15, 0.2) is 41.9 Å². The number of hydrogen-bond donors (Lipinski definition) is 2. The van der Waals surface area contributed by atoms with Crippen LogP contribution in [0.5, 0.6) is 11.5 Å². The molecule has 24 heavy (non-hydrogen) atoms. The molecule has 3 aromatic rings. The Morgan fingerprint density at radius 1 is 1.25 bits per heavy atom. The zero-order chi connectivity index (χ0) is 17.1. The molecule has 0 saturated carbocycles. The Morgan fingerprint density at radius 2 is 2.08 bits per heavy atom. The summed E-state index contributed by atoms with van der Waals surface area (Å²) < 4.78 is 5.82. The average molecular weight is 341 g/mol. The Balaban J connectivity index is 1.82. The van der Waals surface area contributed by atoms with Crippen LogP contribution in [0.2, 0.25) is 0 Å². The van der Waals surface area contributed by atoms with Crippen molar-refractivity contribution in [2.24, 2.45) is 0 Å². The first-order chi connectivity index (χ1) is 11.5. The molecule has 0 saturated heterocycles. The molecule has 6 nitrogen and oxygen atoms in total. The van der Waals surface area contributed by atoms with Gasteiger partial charge in [-0.3, -0.25) is 0 Å². The fourth-order valence-corrected chi connectivity index (χ4v) is 2.73. The van der Waals surface area contributed by atoms with Gasteiger partial charge in [0.05, 0.1) is 11.3 Å². The molecule has 2 N–H and O–H groups in total. The van der Waals surface area contributed by atoms with Crippen LogP contribution in [0.3, 0.4) is 0 Å². The Bertz CT molecular complexity index is 892. The van der Waals surface area contributed by atoms with Crippen LogP contribution in [0.1, 0.15) is 21.6 Å². The molecule has 0 spiro atoms. The van der Waals surface area contributed by atoms with Crippen molar-refractivity contribution < 1.29 is 14.6 Å². The number of nitrogens with one attached hydrogen (secondary N) is 1. The van der Waals surface area contributed by atoms with Gasteiger partial charge >= 0.3 is 5.97 Å². The van der Waals surface area contributed by atoms with E-state index in [1.165, 1.54) is 17.4 Å². The highest BCUT2D eigenvalue weighted by atomic mass is 32.1. The van der Waals surface area contributed by atoms with E-state index in [4.69, 9.17) is 9.84 Å². The molecule has 0 unspecified atom stereocenters. The third-order valence-electron chi connectivity index (χ3n) is 3.25. The van der Waals surface area contributed by atoms with Crippen molar-refractivity contribution in [1.82, 2.24) is 9.97 Å². The molecule has 2 aromatic heterocycles. The molecule has 0 aliphatic carbocycles. The number of hydrogen-bond acceptors (Lipinski definition) is 6. The second-order valence-electron chi connectivity index (χ2n) is 5.18. The maximum Gasteiger partial charge on any atom is 0.335 e. The molecule has 0 bridgehead atoms. The molecule has 0 radical (unpaired) electrons. The number of rotatable bonds is 5. The van der Waals surface area contributed by atoms with Crippen LogP contribution >= 0.6 is 11.3 Å². The summed E-state index contributed by atoms with van der Waals surface area (Å²) in [5.41, 5.74) is 1.97. The molecule has 7 heteroatoms. The van der Waals surface area contributed by atoms with Gasteiger partial charge in [-0.15, -0.1) is 11.3 Å². The number of pyridine rings is 1. The number of aromatic carboxylic acids is 1. The summed E-state index contributed by atoms with van der Waals surface area (Å²) in [5.74, 6) is 0.675. The summed E-state index contributed by atoms with van der Waals surface area (Å²) in [5, 5.41) is 14.9. The molecule has 0 atom stereocenters. The number of carbonyl (C=O) groups is 1. The van der Waals surface area contributed by atoms with Gasteiger partial charge in [-0.05, 0) is 37.6 Å². The molecule has 0 aliphatic rings. The van der Waals surface area contributed by atoms with Gasteiger partial charge < -0.3 is 15.2 Å². The lowest BCUT2D eigenvalue weighted by Crippen LogP contribution is -1.98. The Kier molecular flexibility index (Phi) is 4.43. The van der Waals surface area contributed by atoms with Gasteiger partial charge in [0.15, 0.2) is 5.13 Å². The first kappa shape index (κ1) is 15.9. The van der Waals surface area contributed by atoms with Crippen molar-refractivity contribution in [2.45, 2.75) is 13.8 Å². The molecule has 0 aliphatic heterocycles. The van der Waals surface area contributed by atoms with Gasteiger partial charge in [-0.2, -0.15) is 0 Å². The Morgan fingerprint density at radius 3 is 2.79 bits per heavy atom. The topological polar surface area (TPSA) is 84.3 Å². The van der Waals surface area contributed by atoms with Crippen molar-refractivity contribution in [3.05, 3.63) is 58.7 Å². The van der Waals surface area contributed by atoms with E-state index < -0.39 is 5.97 Å². The summed E-state index contributed by atoms with van der Waals surface area (Å²) in [6.07, 6.45) is 1.62. The van der Waals surface area contributed by atoms with E-state index in [2.05, 4.69) is 15.3 Å². The first-order valence-electron chi connectivity index (χ1n) is 7.18. The highest BCUT2D eigenvalue weighted by molar-refractivity contribution is 7.13. The number of aryl methyl sites for hydroxylation is 2. The minimum absolute atomic E-state index is 0.182. The molecular weight excluding hydrogens is 326 g/mol. The summed E-state index contributed by atoms with van der Waals surface area (Å²) in [6, 6.07) is 8.23. The number of thiazole rings is 1. The summed E-state index contributed by atoms with van der Waals surface area (Å²) in [4.78, 5) is 19.7. The predicted molar refractivity (Wildman–Crippen MR) is 92.6 cm³/mol.